The Bertz CT molecular complexity index is 718. The lowest BCUT2D eigenvalue weighted by Crippen LogP contribution is -2.29. The number of hydrogen-bond donors (Lipinski definition) is 2. The molecule has 122 valence electrons. The molecule has 0 aliphatic rings. The summed E-state index contributed by atoms with van der Waals surface area (Å²) in [5, 5.41) is 4.35. The SMILES string of the molecule is Cc1ccc(CNC(=S)Nc2c(F)c(F)c(F)c(F)c2F)cc1. The summed E-state index contributed by atoms with van der Waals surface area (Å²) in [5.41, 5.74) is 0.691. The highest BCUT2D eigenvalue weighted by Crippen LogP contribution is 2.26. The number of rotatable bonds is 3. The van der Waals surface area contributed by atoms with Crippen LogP contribution in [0.4, 0.5) is 27.6 Å². The normalized spacial score (nSPS) is 10.5. The van der Waals surface area contributed by atoms with Gasteiger partial charge in [0.05, 0.1) is 0 Å². The largest absolute Gasteiger partial charge is 0.358 e. The van der Waals surface area contributed by atoms with Crippen molar-refractivity contribution in [3.8, 4) is 0 Å². The highest BCUT2D eigenvalue weighted by Gasteiger charge is 2.26. The number of halogens is 5. The maximum atomic E-state index is 13.5. The lowest BCUT2D eigenvalue weighted by Gasteiger charge is -2.13. The van der Waals surface area contributed by atoms with E-state index in [4.69, 9.17) is 12.2 Å². The molecule has 0 aromatic heterocycles. The van der Waals surface area contributed by atoms with Gasteiger partial charge in [-0.15, -0.1) is 0 Å². The summed E-state index contributed by atoms with van der Waals surface area (Å²) in [6, 6.07) is 7.34. The maximum Gasteiger partial charge on any atom is 0.200 e. The standard InChI is InChI=1S/C15H11F5N2S/c1-7-2-4-8(5-3-7)6-21-15(23)22-14-12(19)10(17)9(16)11(18)13(14)20/h2-5H,6H2,1H3,(H2,21,22,23). The van der Waals surface area contributed by atoms with Crippen LogP contribution in [0.25, 0.3) is 0 Å². The number of hydrogen-bond acceptors (Lipinski definition) is 1. The van der Waals surface area contributed by atoms with Crippen molar-refractivity contribution in [1.29, 1.82) is 0 Å². The van der Waals surface area contributed by atoms with Crippen LogP contribution >= 0.6 is 12.2 Å². The first-order chi connectivity index (χ1) is 10.8. The van der Waals surface area contributed by atoms with Crippen LogP contribution in [0.15, 0.2) is 24.3 Å². The molecule has 0 unspecified atom stereocenters. The van der Waals surface area contributed by atoms with E-state index in [1.165, 1.54) is 0 Å². The molecule has 0 saturated heterocycles. The van der Waals surface area contributed by atoms with E-state index in [0.29, 0.717) is 0 Å². The van der Waals surface area contributed by atoms with Crippen molar-refractivity contribution in [3.63, 3.8) is 0 Å². The third-order valence-electron chi connectivity index (χ3n) is 3.02. The van der Waals surface area contributed by atoms with Crippen LogP contribution in [0.2, 0.25) is 0 Å². The van der Waals surface area contributed by atoms with Gasteiger partial charge in [-0.2, -0.15) is 0 Å². The second-order valence-corrected chi connectivity index (χ2v) is 5.15. The summed E-state index contributed by atoms with van der Waals surface area (Å²) in [6.07, 6.45) is 0. The highest BCUT2D eigenvalue weighted by molar-refractivity contribution is 7.80. The average Bonchev–Trinajstić information content (AvgIpc) is 2.54. The zero-order valence-corrected chi connectivity index (χ0v) is 12.6. The second kappa shape index (κ2) is 6.91. The van der Waals surface area contributed by atoms with Crippen LogP contribution in [0.3, 0.4) is 0 Å². The summed E-state index contributed by atoms with van der Waals surface area (Å²) < 4.78 is 66.1. The van der Waals surface area contributed by atoms with Crippen LogP contribution in [-0.4, -0.2) is 5.11 Å². The molecule has 0 amide bonds. The van der Waals surface area contributed by atoms with E-state index in [1.807, 2.05) is 36.5 Å². The van der Waals surface area contributed by atoms with Crippen molar-refractivity contribution in [3.05, 3.63) is 64.5 Å². The summed E-state index contributed by atoms with van der Waals surface area (Å²) in [6.45, 7) is 2.13. The minimum Gasteiger partial charge on any atom is -0.358 e. The highest BCUT2D eigenvalue weighted by atomic mass is 32.1. The van der Waals surface area contributed by atoms with E-state index in [2.05, 4.69) is 5.32 Å². The van der Waals surface area contributed by atoms with Crippen LogP contribution in [0.1, 0.15) is 11.1 Å². The van der Waals surface area contributed by atoms with E-state index in [1.54, 1.807) is 0 Å². The number of aryl methyl sites for hydroxylation is 1. The Balaban J connectivity index is 2.10. The molecule has 0 saturated carbocycles. The molecule has 2 nitrogen and oxygen atoms in total. The molecule has 0 aliphatic heterocycles. The minimum atomic E-state index is -2.22. The van der Waals surface area contributed by atoms with Gasteiger partial charge in [0.25, 0.3) is 0 Å². The van der Waals surface area contributed by atoms with Gasteiger partial charge in [-0.05, 0) is 24.7 Å². The fraction of sp³-hybridized carbons (Fsp3) is 0.133. The molecule has 0 radical (unpaired) electrons. The molecule has 0 aliphatic carbocycles. The van der Waals surface area contributed by atoms with Gasteiger partial charge in [0.15, 0.2) is 28.4 Å². The lowest BCUT2D eigenvalue weighted by atomic mass is 10.1. The van der Waals surface area contributed by atoms with Crippen molar-refractivity contribution in [2.45, 2.75) is 13.5 Å². The number of benzene rings is 2. The van der Waals surface area contributed by atoms with Gasteiger partial charge in [-0.3, -0.25) is 0 Å². The van der Waals surface area contributed by atoms with Crippen molar-refractivity contribution in [2.24, 2.45) is 0 Å². The molecular formula is C15H11F5N2S. The third kappa shape index (κ3) is 3.76. The zero-order valence-electron chi connectivity index (χ0n) is 11.8. The molecule has 2 rings (SSSR count). The Morgan fingerprint density at radius 1 is 0.870 bits per heavy atom. The van der Waals surface area contributed by atoms with Gasteiger partial charge in [0.1, 0.15) is 5.69 Å². The van der Waals surface area contributed by atoms with Crippen LogP contribution < -0.4 is 10.6 Å². The van der Waals surface area contributed by atoms with Crippen molar-refractivity contribution in [2.75, 3.05) is 5.32 Å². The molecule has 2 N–H and O–H groups in total. The first kappa shape index (κ1) is 17.1. The molecule has 8 heteroatoms. The molecule has 23 heavy (non-hydrogen) atoms. The number of thiocarbonyl (C=S) groups is 1. The number of nitrogens with one attached hydrogen (secondary N) is 2. The fourth-order valence-corrected chi connectivity index (χ4v) is 1.93. The summed E-state index contributed by atoms with van der Waals surface area (Å²) >= 11 is 4.81. The fourth-order valence-electron chi connectivity index (χ4n) is 1.76. The molecule has 2 aromatic carbocycles. The molecule has 2 aromatic rings. The van der Waals surface area contributed by atoms with E-state index < -0.39 is 34.8 Å². The van der Waals surface area contributed by atoms with Crippen LogP contribution in [-0.2, 0) is 6.54 Å². The van der Waals surface area contributed by atoms with Gasteiger partial charge < -0.3 is 10.6 Å². The van der Waals surface area contributed by atoms with Crippen molar-refractivity contribution < 1.29 is 22.0 Å². The smallest absolute Gasteiger partial charge is 0.200 e. The van der Waals surface area contributed by atoms with E-state index >= 15 is 0 Å². The average molecular weight is 346 g/mol. The first-order valence-corrected chi connectivity index (χ1v) is 6.84. The monoisotopic (exact) mass is 346 g/mol. The van der Waals surface area contributed by atoms with E-state index in [9.17, 15) is 22.0 Å². The maximum absolute atomic E-state index is 13.5. The minimum absolute atomic E-state index is 0.224. The quantitative estimate of drug-likeness (QED) is 0.377. The Labute approximate surface area is 134 Å². The molecule has 0 fully saturated rings. The Morgan fingerprint density at radius 2 is 1.35 bits per heavy atom. The van der Waals surface area contributed by atoms with E-state index in [0.717, 1.165) is 11.1 Å². The molecular weight excluding hydrogens is 335 g/mol. The molecule has 0 heterocycles. The predicted octanol–water partition coefficient (Wildman–Crippen LogP) is 4.18. The third-order valence-corrected chi connectivity index (χ3v) is 3.27. The Kier molecular flexibility index (Phi) is 5.15. The predicted molar refractivity (Wildman–Crippen MR) is 80.5 cm³/mol. The molecule has 0 bridgehead atoms. The van der Waals surface area contributed by atoms with Crippen molar-refractivity contribution >= 4 is 23.0 Å². The molecule has 0 atom stereocenters. The van der Waals surface area contributed by atoms with Gasteiger partial charge >= 0.3 is 0 Å². The second-order valence-electron chi connectivity index (χ2n) is 4.74. The van der Waals surface area contributed by atoms with Crippen LogP contribution in [0.5, 0.6) is 0 Å². The van der Waals surface area contributed by atoms with Gasteiger partial charge in [-0.25, -0.2) is 22.0 Å². The lowest BCUT2D eigenvalue weighted by molar-refractivity contribution is 0.382. The summed E-state index contributed by atoms with van der Waals surface area (Å²) in [5.74, 6) is -10.2. The van der Waals surface area contributed by atoms with Crippen LogP contribution in [0, 0.1) is 36.0 Å². The topological polar surface area (TPSA) is 24.1 Å². The Morgan fingerprint density at radius 3 is 1.87 bits per heavy atom. The van der Waals surface area contributed by atoms with Crippen molar-refractivity contribution in [1.82, 2.24) is 5.32 Å². The Hall–Kier alpha value is -2.22. The summed E-state index contributed by atoms with van der Waals surface area (Å²) in [7, 11) is 0. The summed E-state index contributed by atoms with van der Waals surface area (Å²) in [4.78, 5) is 0. The van der Waals surface area contributed by atoms with Gasteiger partial charge in [0.2, 0.25) is 5.82 Å². The molecule has 0 spiro atoms. The van der Waals surface area contributed by atoms with E-state index in [-0.39, 0.29) is 11.7 Å². The first-order valence-electron chi connectivity index (χ1n) is 6.43. The van der Waals surface area contributed by atoms with Gasteiger partial charge in [-0.1, -0.05) is 29.8 Å². The van der Waals surface area contributed by atoms with Gasteiger partial charge in [0, 0.05) is 6.54 Å². The number of anilines is 1. The zero-order chi connectivity index (χ0) is 17.1.